The molecule has 0 radical (unpaired) electrons. The molecular weight excluding hydrogens is 350 g/mol. The lowest BCUT2D eigenvalue weighted by Crippen LogP contribution is -2.30. The van der Waals surface area contributed by atoms with E-state index in [9.17, 15) is 4.79 Å². The Morgan fingerprint density at radius 3 is 2.36 bits per heavy atom. The molecule has 0 spiro atoms. The molecular formula is C24H27NO3. The van der Waals surface area contributed by atoms with Crippen molar-refractivity contribution in [2.75, 3.05) is 13.7 Å². The normalized spacial score (nSPS) is 11.8. The van der Waals surface area contributed by atoms with Gasteiger partial charge in [0.05, 0.1) is 13.4 Å². The van der Waals surface area contributed by atoms with Gasteiger partial charge >= 0.3 is 0 Å². The maximum atomic E-state index is 12.2. The number of amides is 1. The van der Waals surface area contributed by atoms with Crippen molar-refractivity contribution < 1.29 is 13.9 Å². The molecule has 3 rings (SSSR count). The van der Waals surface area contributed by atoms with E-state index in [4.69, 9.17) is 9.15 Å². The summed E-state index contributed by atoms with van der Waals surface area (Å²) in [4.78, 5) is 14.1. The first-order chi connectivity index (χ1) is 13.6. The Morgan fingerprint density at radius 2 is 1.79 bits per heavy atom. The van der Waals surface area contributed by atoms with Crippen LogP contribution in [0.1, 0.15) is 41.7 Å². The molecule has 3 aromatic rings. The van der Waals surface area contributed by atoms with E-state index in [2.05, 4.69) is 31.2 Å². The van der Waals surface area contributed by atoms with Crippen LogP contribution in [0.15, 0.2) is 71.3 Å². The summed E-state index contributed by atoms with van der Waals surface area (Å²) in [5.41, 5.74) is 3.51. The minimum absolute atomic E-state index is 0.0675. The van der Waals surface area contributed by atoms with Crippen molar-refractivity contribution in [3.63, 3.8) is 0 Å². The number of rotatable bonds is 8. The number of methoxy groups -OCH3 is 1. The second-order valence-electron chi connectivity index (χ2n) is 7.06. The number of hydrogen-bond acceptors (Lipinski definition) is 3. The van der Waals surface area contributed by atoms with Crippen LogP contribution in [0.25, 0.3) is 0 Å². The lowest BCUT2D eigenvalue weighted by atomic mass is 9.92. The maximum absolute atomic E-state index is 12.2. The van der Waals surface area contributed by atoms with Gasteiger partial charge in [0, 0.05) is 25.9 Å². The number of ether oxygens (including phenoxy) is 1. The third-order valence-electron chi connectivity index (χ3n) is 5.03. The Morgan fingerprint density at radius 1 is 1.07 bits per heavy atom. The fraction of sp³-hybridized carbons (Fsp3) is 0.292. The van der Waals surface area contributed by atoms with Gasteiger partial charge in [-0.3, -0.25) is 4.79 Å². The monoisotopic (exact) mass is 377 g/mol. The summed E-state index contributed by atoms with van der Waals surface area (Å²) in [5.74, 6) is 1.93. The molecule has 146 valence electrons. The van der Waals surface area contributed by atoms with Crippen molar-refractivity contribution >= 4 is 5.91 Å². The number of nitrogens with zero attached hydrogens (tertiary/aromatic N) is 1. The van der Waals surface area contributed by atoms with E-state index in [1.165, 1.54) is 11.1 Å². The van der Waals surface area contributed by atoms with E-state index in [1.807, 2.05) is 41.3 Å². The van der Waals surface area contributed by atoms with Crippen molar-refractivity contribution in [1.29, 1.82) is 0 Å². The third-order valence-corrected chi connectivity index (χ3v) is 5.03. The standard InChI is InChI=1S/C24H27NO3/c1-18-6-10-21(11-7-18)23(24-5-4-16-28-24)14-15-25(19(2)26)17-20-8-12-22(27-3)13-9-20/h4-13,16,23H,14-15,17H2,1-3H3/t23-/m0/s1. The van der Waals surface area contributed by atoms with E-state index in [0.29, 0.717) is 13.1 Å². The second kappa shape index (κ2) is 9.27. The Hall–Kier alpha value is -3.01. The predicted octanol–water partition coefficient (Wildman–Crippen LogP) is 5.17. The van der Waals surface area contributed by atoms with Crippen LogP contribution in [0.4, 0.5) is 0 Å². The first-order valence-corrected chi connectivity index (χ1v) is 9.55. The minimum Gasteiger partial charge on any atom is -0.497 e. The number of furan rings is 1. The summed E-state index contributed by atoms with van der Waals surface area (Å²) in [6.45, 7) is 4.94. The fourth-order valence-electron chi connectivity index (χ4n) is 3.35. The van der Waals surface area contributed by atoms with Crippen LogP contribution >= 0.6 is 0 Å². The van der Waals surface area contributed by atoms with E-state index in [0.717, 1.165) is 23.5 Å². The van der Waals surface area contributed by atoms with Crippen LogP contribution in [0.3, 0.4) is 0 Å². The van der Waals surface area contributed by atoms with E-state index >= 15 is 0 Å². The van der Waals surface area contributed by atoms with Crippen molar-refractivity contribution in [2.24, 2.45) is 0 Å². The number of aryl methyl sites for hydroxylation is 1. The lowest BCUT2D eigenvalue weighted by Gasteiger charge is -2.24. The number of carbonyl (C=O) groups excluding carboxylic acids is 1. The first kappa shape index (κ1) is 19.7. The predicted molar refractivity (Wildman–Crippen MR) is 110 cm³/mol. The SMILES string of the molecule is COc1ccc(CN(CC[C@@H](c2ccc(C)cc2)c2ccco2)C(C)=O)cc1. The molecule has 1 heterocycles. The van der Waals surface area contributed by atoms with E-state index in [1.54, 1.807) is 20.3 Å². The zero-order valence-corrected chi connectivity index (χ0v) is 16.7. The van der Waals surface area contributed by atoms with Crippen LogP contribution in [-0.4, -0.2) is 24.5 Å². The summed E-state index contributed by atoms with van der Waals surface area (Å²) in [5, 5.41) is 0. The molecule has 4 heteroatoms. The highest BCUT2D eigenvalue weighted by Gasteiger charge is 2.19. The summed E-state index contributed by atoms with van der Waals surface area (Å²) >= 11 is 0. The number of hydrogen-bond donors (Lipinski definition) is 0. The fourth-order valence-corrected chi connectivity index (χ4v) is 3.35. The summed E-state index contributed by atoms with van der Waals surface area (Å²) in [6, 6.07) is 20.3. The molecule has 0 aliphatic carbocycles. The van der Waals surface area contributed by atoms with Gasteiger partial charge in [-0.25, -0.2) is 0 Å². The van der Waals surface area contributed by atoms with Crippen molar-refractivity contribution in [3.8, 4) is 5.75 Å². The summed E-state index contributed by atoms with van der Waals surface area (Å²) in [7, 11) is 1.65. The molecule has 1 aromatic heterocycles. The Kier molecular flexibility index (Phi) is 6.53. The molecule has 0 aliphatic heterocycles. The molecule has 28 heavy (non-hydrogen) atoms. The minimum atomic E-state index is 0.0675. The van der Waals surface area contributed by atoms with Crippen molar-refractivity contribution in [2.45, 2.75) is 32.7 Å². The Bertz CT molecular complexity index is 867. The maximum Gasteiger partial charge on any atom is 0.219 e. The van der Waals surface area contributed by atoms with Gasteiger partial charge in [0.2, 0.25) is 5.91 Å². The average Bonchev–Trinajstić information content (AvgIpc) is 3.23. The quantitative estimate of drug-likeness (QED) is 0.544. The highest BCUT2D eigenvalue weighted by Crippen LogP contribution is 2.29. The van der Waals surface area contributed by atoms with Gasteiger partial charge in [0.15, 0.2) is 0 Å². The van der Waals surface area contributed by atoms with Crippen LogP contribution in [0.5, 0.6) is 5.75 Å². The molecule has 1 amide bonds. The second-order valence-corrected chi connectivity index (χ2v) is 7.06. The van der Waals surface area contributed by atoms with Gasteiger partial charge in [-0.2, -0.15) is 0 Å². The van der Waals surface area contributed by atoms with Crippen LogP contribution in [0.2, 0.25) is 0 Å². The third kappa shape index (κ3) is 5.03. The zero-order valence-electron chi connectivity index (χ0n) is 16.7. The van der Waals surface area contributed by atoms with E-state index < -0.39 is 0 Å². The smallest absolute Gasteiger partial charge is 0.219 e. The highest BCUT2D eigenvalue weighted by molar-refractivity contribution is 5.73. The van der Waals surface area contributed by atoms with Gasteiger partial charge in [-0.15, -0.1) is 0 Å². The van der Waals surface area contributed by atoms with Crippen LogP contribution in [-0.2, 0) is 11.3 Å². The zero-order chi connectivity index (χ0) is 19.9. The number of carbonyl (C=O) groups is 1. The summed E-state index contributed by atoms with van der Waals surface area (Å²) < 4.78 is 10.9. The van der Waals surface area contributed by atoms with E-state index in [-0.39, 0.29) is 11.8 Å². The average molecular weight is 377 g/mol. The van der Waals surface area contributed by atoms with Crippen LogP contribution in [0, 0.1) is 6.92 Å². The van der Waals surface area contributed by atoms with Gasteiger partial charge < -0.3 is 14.1 Å². The molecule has 1 atom stereocenters. The molecule has 0 saturated carbocycles. The lowest BCUT2D eigenvalue weighted by molar-refractivity contribution is -0.129. The summed E-state index contributed by atoms with van der Waals surface area (Å²) in [6.07, 6.45) is 2.50. The molecule has 0 aliphatic rings. The topological polar surface area (TPSA) is 42.7 Å². The molecule has 0 fully saturated rings. The molecule has 2 aromatic carbocycles. The molecule has 0 bridgehead atoms. The van der Waals surface area contributed by atoms with Crippen molar-refractivity contribution in [3.05, 3.63) is 89.4 Å². The van der Waals surface area contributed by atoms with Gasteiger partial charge in [-0.05, 0) is 48.7 Å². The molecule has 0 N–H and O–H groups in total. The highest BCUT2D eigenvalue weighted by atomic mass is 16.5. The molecule has 4 nitrogen and oxygen atoms in total. The Balaban J connectivity index is 1.73. The number of benzene rings is 2. The van der Waals surface area contributed by atoms with Crippen LogP contribution < -0.4 is 4.74 Å². The molecule has 0 unspecified atom stereocenters. The van der Waals surface area contributed by atoms with Gasteiger partial charge in [0.1, 0.15) is 11.5 Å². The largest absolute Gasteiger partial charge is 0.497 e. The van der Waals surface area contributed by atoms with Gasteiger partial charge in [0.25, 0.3) is 0 Å². The van der Waals surface area contributed by atoms with Gasteiger partial charge in [-0.1, -0.05) is 42.0 Å². The first-order valence-electron chi connectivity index (χ1n) is 9.55. The Labute approximate surface area is 166 Å². The molecule has 0 saturated heterocycles. The van der Waals surface area contributed by atoms with Crippen molar-refractivity contribution in [1.82, 2.24) is 4.90 Å².